The van der Waals surface area contributed by atoms with Gasteiger partial charge in [0, 0.05) is 13.1 Å². The number of hydrogen-bond acceptors (Lipinski definition) is 4. The van der Waals surface area contributed by atoms with Gasteiger partial charge < -0.3 is 10.6 Å². The third-order valence-electron chi connectivity index (χ3n) is 2.33. The van der Waals surface area contributed by atoms with E-state index >= 15 is 0 Å². The summed E-state index contributed by atoms with van der Waals surface area (Å²) < 4.78 is 0. The molecular weight excluding hydrogens is 212 g/mol. The van der Waals surface area contributed by atoms with Crippen molar-refractivity contribution in [2.75, 3.05) is 17.7 Å². The Morgan fingerprint density at radius 1 is 1.33 bits per heavy atom. The molecule has 0 saturated heterocycles. The normalized spacial score (nSPS) is 12.7. The van der Waals surface area contributed by atoms with E-state index < -0.39 is 0 Å². The van der Waals surface area contributed by atoms with Crippen molar-refractivity contribution in [2.45, 2.75) is 26.8 Å². The average molecular weight is 229 g/mol. The average Bonchev–Trinajstić information content (AvgIpc) is 2.21. The number of anilines is 2. The molecule has 0 radical (unpaired) electrons. The molecule has 4 nitrogen and oxygen atoms in total. The van der Waals surface area contributed by atoms with Crippen molar-refractivity contribution in [1.29, 1.82) is 0 Å². The van der Waals surface area contributed by atoms with Crippen LogP contribution in [-0.2, 0) is 0 Å². The summed E-state index contributed by atoms with van der Waals surface area (Å²) in [7, 11) is 1.78. The quantitative estimate of drug-likeness (QED) is 0.832. The lowest BCUT2D eigenvalue weighted by Gasteiger charge is -2.18. The zero-order chi connectivity index (χ0) is 11.4. The topological polar surface area (TPSA) is 49.8 Å². The third kappa shape index (κ3) is 3.23. The first-order chi connectivity index (χ1) is 7.04. The maximum Gasteiger partial charge on any atom is 0.224 e. The molecule has 0 aliphatic carbocycles. The van der Waals surface area contributed by atoms with Gasteiger partial charge in [0.15, 0.2) is 5.82 Å². The first-order valence-corrected chi connectivity index (χ1v) is 5.39. The first kappa shape index (κ1) is 12.0. The lowest BCUT2D eigenvalue weighted by Crippen LogP contribution is -2.22. The fourth-order valence-electron chi connectivity index (χ4n) is 0.971. The Hall–Kier alpha value is -1.03. The molecule has 1 atom stereocenters. The van der Waals surface area contributed by atoms with Crippen molar-refractivity contribution < 1.29 is 0 Å². The molecule has 0 saturated carbocycles. The van der Waals surface area contributed by atoms with Crippen LogP contribution < -0.4 is 10.6 Å². The summed E-state index contributed by atoms with van der Waals surface area (Å²) in [5.41, 5.74) is 0. The molecule has 0 spiro atoms. The van der Waals surface area contributed by atoms with E-state index in [0.29, 0.717) is 28.7 Å². The van der Waals surface area contributed by atoms with Crippen LogP contribution in [0, 0.1) is 5.92 Å². The van der Waals surface area contributed by atoms with Crippen LogP contribution in [0.4, 0.5) is 11.8 Å². The molecule has 5 heteroatoms. The van der Waals surface area contributed by atoms with Crippen LogP contribution in [0.1, 0.15) is 20.8 Å². The summed E-state index contributed by atoms with van der Waals surface area (Å²) in [6.45, 7) is 6.39. The van der Waals surface area contributed by atoms with Gasteiger partial charge in [0.05, 0.1) is 6.20 Å². The number of rotatable bonds is 4. The molecule has 15 heavy (non-hydrogen) atoms. The number of nitrogens with one attached hydrogen (secondary N) is 2. The molecule has 2 N–H and O–H groups in total. The Kier molecular flexibility index (Phi) is 4.15. The Bertz CT molecular complexity index is 327. The van der Waals surface area contributed by atoms with Gasteiger partial charge in [0.2, 0.25) is 5.95 Å². The Balaban J connectivity index is 2.83. The zero-order valence-corrected chi connectivity index (χ0v) is 10.3. The lowest BCUT2D eigenvalue weighted by atomic mass is 10.1. The largest absolute Gasteiger partial charge is 0.366 e. The summed E-state index contributed by atoms with van der Waals surface area (Å²) in [4.78, 5) is 8.26. The standard InChI is InChI=1S/C10H17ClN4/c1-6(2)7(3)14-9-8(11)5-13-10(12-4)15-9/h5-7H,1-4H3,(H2,12,13,14,15). The van der Waals surface area contributed by atoms with Crippen molar-refractivity contribution >= 4 is 23.4 Å². The molecule has 1 unspecified atom stereocenters. The minimum absolute atomic E-state index is 0.321. The fraction of sp³-hybridized carbons (Fsp3) is 0.600. The molecule has 0 aromatic carbocycles. The highest BCUT2D eigenvalue weighted by Gasteiger charge is 2.10. The Morgan fingerprint density at radius 2 is 2.00 bits per heavy atom. The number of aromatic nitrogens is 2. The van der Waals surface area contributed by atoms with Crippen LogP contribution in [0.2, 0.25) is 5.02 Å². The van der Waals surface area contributed by atoms with E-state index in [1.54, 1.807) is 13.2 Å². The predicted molar refractivity (Wildman–Crippen MR) is 64.5 cm³/mol. The van der Waals surface area contributed by atoms with E-state index in [1.807, 2.05) is 0 Å². The summed E-state index contributed by atoms with van der Waals surface area (Å²) in [6.07, 6.45) is 1.59. The minimum Gasteiger partial charge on any atom is -0.366 e. The monoisotopic (exact) mass is 228 g/mol. The molecule has 0 fully saturated rings. The molecule has 0 aliphatic rings. The van der Waals surface area contributed by atoms with Crippen molar-refractivity contribution in [1.82, 2.24) is 9.97 Å². The van der Waals surface area contributed by atoms with Crippen molar-refractivity contribution in [3.05, 3.63) is 11.2 Å². The van der Waals surface area contributed by atoms with Gasteiger partial charge in [0.25, 0.3) is 0 Å². The van der Waals surface area contributed by atoms with Gasteiger partial charge in [0.1, 0.15) is 5.02 Å². The highest BCUT2D eigenvalue weighted by atomic mass is 35.5. The van der Waals surface area contributed by atoms with Crippen LogP contribution in [-0.4, -0.2) is 23.1 Å². The molecule has 1 aromatic heterocycles. The molecule has 1 heterocycles. The molecule has 1 aromatic rings. The van der Waals surface area contributed by atoms with E-state index in [0.717, 1.165) is 0 Å². The fourth-order valence-corrected chi connectivity index (χ4v) is 1.12. The van der Waals surface area contributed by atoms with E-state index in [1.165, 1.54) is 0 Å². The molecule has 0 amide bonds. The number of halogens is 1. The summed E-state index contributed by atoms with van der Waals surface area (Å²) in [5, 5.41) is 6.68. The lowest BCUT2D eigenvalue weighted by molar-refractivity contribution is 0.558. The summed E-state index contributed by atoms with van der Waals surface area (Å²) in [5.74, 6) is 1.77. The van der Waals surface area contributed by atoms with Crippen molar-refractivity contribution in [2.24, 2.45) is 5.92 Å². The zero-order valence-electron chi connectivity index (χ0n) is 9.50. The molecular formula is C10H17ClN4. The first-order valence-electron chi connectivity index (χ1n) is 5.01. The van der Waals surface area contributed by atoms with Gasteiger partial charge in [-0.15, -0.1) is 0 Å². The smallest absolute Gasteiger partial charge is 0.224 e. The van der Waals surface area contributed by atoms with E-state index in [-0.39, 0.29) is 0 Å². The van der Waals surface area contributed by atoms with Crippen LogP contribution in [0.5, 0.6) is 0 Å². The SMILES string of the molecule is CNc1ncc(Cl)c(NC(C)C(C)C)n1. The number of hydrogen-bond donors (Lipinski definition) is 2. The van der Waals surface area contributed by atoms with E-state index in [2.05, 4.69) is 41.4 Å². The third-order valence-corrected chi connectivity index (χ3v) is 2.61. The predicted octanol–water partition coefficient (Wildman–Crippen LogP) is 2.63. The van der Waals surface area contributed by atoms with Crippen molar-refractivity contribution in [3.63, 3.8) is 0 Å². The Labute approximate surface area is 95.5 Å². The second-order valence-electron chi connectivity index (χ2n) is 3.82. The van der Waals surface area contributed by atoms with Crippen LogP contribution in [0.25, 0.3) is 0 Å². The molecule has 1 rings (SSSR count). The van der Waals surface area contributed by atoms with Gasteiger partial charge in [-0.05, 0) is 12.8 Å². The van der Waals surface area contributed by atoms with E-state index in [4.69, 9.17) is 11.6 Å². The summed E-state index contributed by atoms with van der Waals surface area (Å²) in [6, 6.07) is 0.321. The second-order valence-corrected chi connectivity index (χ2v) is 4.22. The van der Waals surface area contributed by atoms with E-state index in [9.17, 15) is 0 Å². The summed E-state index contributed by atoms with van der Waals surface area (Å²) >= 11 is 5.99. The van der Waals surface area contributed by atoms with Gasteiger partial charge in [-0.3, -0.25) is 0 Å². The van der Waals surface area contributed by atoms with Gasteiger partial charge in [-0.2, -0.15) is 4.98 Å². The van der Waals surface area contributed by atoms with Crippen LogP contribution in [0.15, 0.2) is 6.20 Å². The highest BCUT2D eigenvalue weighted by molar-refractivity contribution is 6.32. The Morgan fingerprint density at radius 3 is 2.53 bits per heavy atom. The van der Waals surface area contributed by atoms with Crippen LogP contribution >= 0.6 is 11.6 Å². The van der Waals surface area contributed by atoms with Gasteiger partial charge in [-0.1, -0.05) is 25.4 Å². The van der Waals surface area contributed by atoms with Crippen LogP contribution in [0.3, 0.4) is 0 Å². The number of nitrogens with zero attached hydrogens (tertiary/aromatic N) is 2. The minimum atomic E-state index is 0.321. The molecule has 0 aliphatic heterocycles. The maximum absolute atomic E-state index is 5.99. The molecule has 84 valence electrons. The van der Waals surface area contributed by atoms with Gasteiger partial charge >= 0.3 is 0 Å². The maximum atomic E-state index is 5.99. The second kappa shape index (κ2) is 5.16. The van der Waals surface area contributed by atoms with Crippen molar-refractivity contribution in [3.8, 4) is 0 Å². The van der Waals surface area contributed by atoms with Gasteiger partial charge in [-0.25, -0.2) is 4.98 Å². The highest BCUT2D eigenvalue weighted by Crippen LogP contribution is 2.21. The molecule has 0 bridgehead atoms.